The number of likely N-dealkylation sites (N-methyl/N-ethyl adjacent to an activating group) is 2. The lowest BCUT2D eigenvalue weighted by molar-refractivity contribution is -0.104. The van der Waals surface area contributed by atoms with E-state index in [1.807, 2.05) is 18.2 Å². The molecule has 0 aromatic heterocycles. The van der Waals surface area contributed by atoms with E-state index in [4.69, 9.17) is 0 Å². The fraction of sp³-hybridized carbons (Fsp3) is 0.357. The molecule has 0 aliphatic heterocycles. The lowest BCUT2D eigenvalue weighted by Crippen LogP contribution is -2.28. The summed E-state index contributed by atoms with van der Waals surface area (Å²) >= 11 is 0. The third kappa shape index (κ3) is 4.83. The molecule has 0 fully saturated rings. The molecule has 0 unspecified atom stereocenters. The van der Waals surface area contributed by atoms with Gasteiger partial charge in [0.25, 0.3) is 0 Å². The van der Waals surface area contributed by atoms with Gasteiger partial charge in [0, 0.05) is 25.8 Å². The number of allylic oxidation sites excluding steroid dienone is 1. The molecular formula is C14H20N2O. The topological polar surface area (TPSA) is 23.6 Å². The van der Waals surface area contributed by atoms with Crippen LogP contribution in [-0.4, -0.2) is 45.4 Å². The highest BCUT2D eigenvalue weighted by Gasteiger charge is 2.01. The molecule has 0 amide bonds. The molecule has 0 aliphatic carbocycles. The Hall–Kier alpha value is -1.61. The number of hydrogen-bond donors (Lipinski definition) is 0. The summed E-state index contributed by atoms with van der Waals surface area (Å²) in [5, 5.41) is 0. The predicted octanol–water partition coefficient (Wildman–Crippen LogP) is 1.90. The first kappa shape index (κ1) is 13.5. The number of carbonyl (C=O) groups excluding carboxylic acids is 1. The Balaban J connectivity index is 2.69. The summed E-state index contributed by atoms with van der Waals surface area (Å²) in [5.41, 5.74) is 2.21. The van der Waals surface area contributed by atoms with E-state index >= 15 is 0 Å². The highest BCUT2D eigenvalue weighted by atomic mass is 16.1. The molecule has 0 N–H and O–H groups in total. The van der Waals surface area contributed by atoms with Crippen LogP contribution in [0.5, 0.6) is 0 Å². The second-order valence-corrected chi connectivity index (χ2v) is 4.32. The van der Waals surface area contributed by atoms with Crippen LogP contribution in [0.15, 0.2) is 30.3 Å². The first-order chi connectivity index (χ1) is 8.13. The third-order valence-electron chi connectivity index (χ3n) is 2.56. The number of benzene rings is 1. The van der Waals surface area contributed by atoms with Crippen molar-refractivity contribution in [2.24, 2.45) is 0 Å². The van der Waals surface area contributed by atoms with Gasteiger partial charge in [0.05, 0.1) is 0 Å². The van der Waals surface area contributed by atoms with Gasteiger partial charge < -0.3 is 9.80 Å². The van der Waals surface area contributed by atoms with Gasteiger partial charge in [-0.3, -0.25) is 4.79 Å². The van der Waals surface area contributed by atoms with Crippen LogP contribution in [0.4, 0.5) is 5.69 Å². The van der Waals surface area contributed by atoms with Gasteiger partial charge in [-0.05, 0) is 37.9 Å². The number of aldehydes is 1. The van der Waals surface area contributed by atoms with Gasteiger partial charge in [-0.2, -0.15) is 0 Å². The van der Waals surface area contributed by atoms with Crippen molar-refractivity contribution in [3.63, 3.8) is 0 Å². The van der Waals surface area contributed by atoms with E-state index in [0.29, 0.717) is 0 Å². The van der Waals surface area contributed by atoms with Gasteiger partial charge in [-0.25, -0.2) is 0 Å². The Bertz CT molecular complexity index is 386. The molecule has 0 saturated carbocycles. The quantitative estimate of drug-likeness (QED) is 0.553. The monoisotopic (exact) mass is 232 g/mol. The van der Waals surface area contributed by atoms with Gasteiger partial charge >= 0.3 is 0 Å². The molecule has 17 heavy (non-hydrogen) atoms. The van der Waals surface area contributed by atoms with E-state index < -0.39 is 0 Å². The van der Waals surface area contributed by atoms with E-state index in [1.165, 1.54) is 11.8 Å². The maximum atomic E-state index is 10.3. The molecule has 0 bridgehead atoms. The molecule has 0 aliphatic rings. The van der Waals surface area contributed by atoms with Crippen molar-refractivity contribution in [1.29, 1.82) is 0 Å². The number of hydrogen-bond acceptors (Lipinski definition) is 3. The molecule has 1 aromatic rings. The molecule has 0 spiro atoms. The fourth-order valence-corrected chi connectivity index (χ4v) is 1.50. The smallest absolute Gasteiger partial charge is 0.142 e. The number of nitrogens with zero attached hydrogens (tertiary/aromatic N) is 2. The van der Waals surface area contributed by atoms with Crippen molar-refractivity contribution in [1.82, 2.24) is 4.90 Å². The summed E-state index contributed by atoms with van der Waals surface area (Å²) in [7, 11) is 6.21. The molecule has 3 heteroatoms. The van der Waals surface area contributed by atoms with Crippen molar-refractivity contribution in [2.75, 3.05) is 39.1 Å². The van der Waals surface area contributed by atoms with Crippen molar-refractivity contribution in [3.8, 4) is 0 Å². The van der Waals surface area contributed by atoms with E-state index in [9.17, 15) is 4.79 Å². The Morgan fingerprint density at radius 2 is 1.94 bits per heavy atom. The first-order valence-corrected chi connectivity index (χ1v) is 5.71. The van der Waals surface area contributed by atoms with Crippen molar-refractivity contribution in [3.05, 3.63) is 35.9 Å². The molecule has 1 rings (SSSR count). The first-order valence-electron chi connectivity index (χ1n) is 5.71. The molecule has 92 valence electrons. The van der Waals surface area contributed by atoms with Gasteiger partial charge in [-0.15, -0.1) is 0 Å². The van der Waals surface area contributed by atoms with Crippen LogP contribution in [0.25, 0.3) is 6.08 Å². The molecule has 3 nitrogen and oxygen atoms in total. The number of rotatable bonds is 6. The van der Waals surface area contributed by atoms with Crippen LogP contribution in [0.1, 0.15) is 5.56 Å². The average molecular weight is 232 g/mol. The van der Waals surface area contributed by atoms with Gasteiger partial charge in [0.2, 0.25) is 0 Å². The largest absolute Gasteiger partial charge is 0.373 e. The summed E-state index contributed by atoms with van der Waals surface area (Å²) in [5.74, 6) is 0. The van der Waals surface area contributed by atoms with Crippen LogP contribution in [0.3, 0.4) is 0 Å². The lowest BCUT2D eigenvalue weighted by atomic mass is 10.2. The minimum atomic E-state index is 0.794. The SMILES string of the molecule is CN(C)CCN(C)c1cccc(C=CC=O)c1. The lowest BCUT2D eigenvalue weighted by Gasteiger charge is -2.21. The van der Waals surface area contributed by atoms with Crippen LogP contribution in [0, 0.1) is 0 Å². The Labute approximate surface area is 103 Å². The fourth-order valence-electron chi connectivity index (χ4n) is 1.50. The van der Waals surface area contributed by atoms with Crippen molar-refractivity contribution in [2.45, 2.75) is 0 Å². The highest BCUT2D eigenvalue weighted by Crippen LogP contribution is 2.15. The van der Waals surface area contributed by atoms with E-state index in [0.717, 1.165) is 24.9 Å². The van der Waals surface area contributed by atoms with Gasteiger partial charge in [0.1, 0.15) is 6.29 Å². The average Bonchev–Trinajstić information content (AvgIpc) is 2.33. The second kappa shape index (κ2) is 6.86. The Morgan fingerprint density at radius 1 is 1.18 bits per heavy atom. The molecule has 0 radical (unpaired) electrons. The zero-order chi connectivity index (χ0) is 12.7. The van der Waals surface area contributed by atoms with Crippen LogP contribution in [0.2, 0.25) is 0 Å². The van der Waals surface area contributed by atoms with Crippen molar-refractivity contribution >= 4 is 18.0 Å². The summed E-state index contributed by atoms with van der Waals surface area (Å²) in [4.78, 5) is 14.6. The Morgan fingerprint density at radius 3 is 2.59 bits per heavy atom. The number of anilines is 1. The highest BCUT2D eigenvalue weighted by molar-refractivity contribution is 5.74. The summed E-state index contributed by atoms with van der Waals surface area (Å²) in [6, 6.07) is 8.15. The molecule has 0 saturated heterocycles. The molecular weight excluding hydrogens is 212 g/mol. The van der Waals surface area contributed by atoms with Crippen molar-refractivity contribution < 1.29 is 4.79 Å². The minimum absolute atomic E-state index is 0.794. The van der Waals surface area contributed by atoms with Crippen LogP contribution >= 0.6 is 0 Å². The molecule has 1 aromatic carbocycles. The van der Waals surface area contributed by atoms with E-state index in [2.05, 4.69) is 43.1 Å². The maximum absolute atomic E-state index is 10.3. The summed E-state index contributed by atoms with van der Waals surface area (Å²) < 4.78 is 0. The van der Waals surface area contributed by atoms with E-state index in [-0.39, 0.29) is 0 Å². The standard InChI is InChI=1S/C14H20N2O/c1-15(2)9-10-16(3)14-8-4-6-13(12-14)7-5-11-17/h4-8,11-12H,9-10H2,1-3H3. The van der Waals surface area contributed by atoms with Gasteiger partial charge in [0.15, 0.2) is 0 Å². The minimum Gasteiger partial charge on any atom is -0.373 e. The zero-order valence-corrected chi connectivity index (χ0v) is 10.8. The molecule has 0 atom stereocenters. The number of carbonyl (C=O) groups is 1. The maximum Gasteiger partial charge on any atom is 0.142 e. The zero-order valence-electron chi connectivity index (χ0n) is 10.8. The Kier molecular flexibility index (Phi) is 5.43. The molecule has 0 heterocycles. The summed E-state index contributed by atoms with van der Waals surface area (Å²) in [6.07, 6.45) is 4.12. The normalized spacial score (nSPS) is 11.1. The predicted molar refractivity (Wildman–Crippen MR) is 73.4 cm³/mol. The van der Waals surface area contributed by atoms with Crippen LogP contribution < -0.4 is 4.90 Å². The van der Waals surface area contributed by atoms with Crippen LogP contribution in [-0.2, 0) is 4.79 Å². The van der Waals surface area contributed by atoms with E-state index in [1.54, 1.807) is 0 Å². The third-order valence-corrected chi connectivity index (χ3v) is 2.56. The summed E-state index contributed by atoms with van der Waals surface area (Å²) in [6.45, 7) is 2.00. The van der Waals surface area contributed by atoms with Gasteiger partial charge in [-0.1, -0.05) is 18.2 Å². The second-order valence-electron chi connectivity index (χ2n) is 4.32.